The molecule has 0 saturated carbocycles. The van der Waals surface area contributed by atoms with E-state index in [-0.39, 0.29) is 17.9 Å². The SMILES string of the molecule is CCC(N)C(c1ccc(F)cc1)N(C)C(C)CC. The summed E-state index contributed by atoms with van der Waals surface area (Å²) < 4.78 is 13.0. The Morgan fingerprint density at radius 2 is 1.72 bits per heavy atom. The van der Waals surface area contributed by atoms with Gasteiger partial charge in [0.2, 0.25) is 0 Å². The van der Waals surface area contributed by atoms with Crippen molar-refractivity contribution in [1.82, 2.24) is 4.90 Å². The number of nitrogens with two attached hydrogens (primary N) is 1. The number of benzene rings is 1. The molecule has 2 N–H and O–H groups in total. The molecule has 0 heterocycles. The highest BCUT2D eigenvalue weighted by Crippen LogP contribution is 2.26. The first-order chi connectivity index (χ1) is 8.51. The lowest BCUT2D eigenvalue weighted by Crippen LogP contribution is -2.42. The fourth-order valence-corrected chi connectivity index (χ4v) is 2.23. The molecule has 0 amide bonds. The van der Waals surface area contributed by atoms with Gasteiger partial charge in [-0.25, -0.2) is 4.39 Å². The van der Waals surface area contributed by atoms with Crippen LogP contribution >= 0.6 is 0 Å². The van der Waals surface area contributed by atoms with Crippen LogP contribution in [0.1, 0.15) is 45.2 Å². The van der Waals surface area contributed by atoms with Gasteiger partial charge in [0.1, 0.15) is 5.82 Å². The maximum Gasteiger partial charge on any atom is 0.123 e. The van der Waals surface area contributed by atoms with Crippen LogP contribution in [0.2, 0.25) is 0 Å². The van der Waals surface area contributed by atoms with E-state index in [2.05, 4.69) is 32.7 Å². The topological polar surface area (TPSA) is 29.3 Å². The molecule has 0 fully saturated rings. The molecule has 0 spiro atoms. The van der Waals surface area contributed by atoms with Gasteiger partial charge in [-0.05, 0) is 44.5 Å². The minimum atomic E-state index is -0.200. The summed E-state index contributed by atoms with van der Waals surface area (Å²) in [6.07, 6.45) is 1.98. The average molecular weight is 252 g/mol. The van der Waals surface area contributed by atoms with Crippen LogP contribution < -0.4 is 5.73 Å². The summed E-state index contributed by atoms with van der Waals surface area (Å²) in [5, 5.41) is 0. The van der Waals surface area contributed by atoms with Gasteiger partial charge in [0, 0.05) is 18.1 Å². The molecule has 3 atom stereocenters. The van der Waals surface area contributed by atoms with Crippen molar-refractivity contribution in [3.63, 3.8) is 0 Å². The maximum absolute atomic E-state index is 13.0. The van der Waals surface area contributed by atoms with E-state index in [1.54, 1.807) is 0 Å². The van der Waals surface area contributed by atoms with Gasteiger partial charge < -0.3 is 5.73 Å². The van der Waals surface area contributed by atoms with Crippen molar-refractivity contribution >= 4 is 0 Å². The Labute approximate surface area is 110 Å². The van der Waals surface area contributed by atoms with E-state index in [4.69, 9.17) is 5.73 Å². The predicted octanol–water partition coefficient (Wildman–Crippen LogP) is 3.33. The van der Waals surface area contributed by atoms with E-state index >= 15 is 0 Å². The lowest BCUT2D eigenvalue weighted by molar-refractivity contribution is 0.155. The van der Waals surface area contributed by atoms with Crippen molar-refractivity contribution in [2.75, 3.05) is 7.05 Å². The first kappa shape index (κ1) is 15.1. The molecule has 1 aromatic carbocycles. The Balaban J connectivity index is 3.01. The number of likely N-dealkylation sites (N-methyl/N-ethyl adjacent to an activating group) is 1. The second-order valence-corrected chi connectivity index (χ2v) is 4.99. The van der Waals surface area contributed by atoms with Crippen LogP contribution in [0.15, 0.2) is 24.3 Å². The standard InChI is InChI=1S/C15H25FN2/c1-5-11(3)18(4)15(14(17)6-2)12-7-9-13(16)10-8-12/h7-11,14-15H,5-6,17H2,1-4H3. The van der Waals surface area contributed by atoms with Gasteiger partial charge in [-0.15, -0.1) is 0 Å². The summed E-state index contributed by atoms with van der Waals surface area (Å²) in [5.41, 5.74) is 7.34. The molecule has 0 radical (unpaired) electrons. The predicted molar refractivity (Wildman–Crippen MR) is 74.9 cm³/mol. The van der Waals surface area contributed by atoms with E-state index in [1.165, 1.54) is 12.1 Å². The molecule has 1 aromatic rings. The van der Waals surface area contributed by atoms with Crippen LogP contribution in [0, 0.1) is 5.82 Å². The van der Waals surface area contributed by atoms with E-state index < -0.39 is 0 Å². The molecular formula is C15H25FN2. The van der Waals surface area contributed by atoms with Crippen LogP contribution in [0.25, 0.3) is 0 Å². The molecule has 102 valence electrons. The zero-order valence-corrected chi connectivity index (χ0v) is 11.9. The second kappa shape index (κ2) is 6.86. The first-order valence-electron chi connectivity index (χ1n) is 6.74. The zero-order chi connectivity index (χ0) is 13.7. The first-order valence-corrected chi connectivity index (χ1v) is 6.74. The normalized spacial score (nSPS) is 16.6. The van der Waals surface area contributed by atoms with Gasteiger partial charge in [-0.1, -0.05) is 26.0 Å². The molecule has 3 unspecified atom stereocenters. The molecule has 18 heavy (non-hydrogen) atoms. The minimum absolute atomic E-state index is 0.0643. The van der Waals surface area contributed by atoms with Gasteiger partial charge in [0.25, 0.3) is 0 Å². The quantitative estimate of drug-likeness (QED) is 0.841. The summed E-state index contributed by atoms with van der Waals surface area (Å²) in [4.78, 5) is 2.29. The highest BCUT2D eigenvalue weighted by molar-refractivity contribution is 5.21. The summed E-state index contributed by atoms with van der Waals surface area (Å²) in [7, 11) is 2.09. The fraction of sp³-hybridized carbons (Fsp3) is 0.600. The molecular weight excluding hydrogens is 227 g/mol. The number of hydrogen-bond donors (Lipinski definition) is 1. The van der Waals surface area contributed by atoms with Crippen molar-refractivity contribution in [3.8, 4) is 0 Å². The summed E-state index contributed by atoms with van der Waals surface area (Å²) in [6, 6.07) is 7.37. The second-order valence-electron chi connectivity index (χ2n) is 4.99. The Bertz CT molecular complexity index is 350. The van der Waals surface area contributed by atoms with Crippen LogP contribution in [-0.2, 0) is 0 Å². The number of rotatable bonds is 6. The van der Waals surface area contributed by atoms with Crippen LogP contribution in [0.5, 0.6) is 0 Å². The third kappa shape index (κ3) is 3.53. The van der Waals surface area contributed by atoms with Crippen LogP contribution in [-0.4, -0.2) is 24.0 Å². The fourth-order valence-electron chi connectivity index (χ4n) is 2.23. The molecule has 0 aromatic heterocycles. The highest BCUT2D eigenvalue weighted by atomic mass is 19.1. The minimum Gasteiger partial charge on any atom is -0.326 e. The molecule has 0 aliphatic heterocycles. The number of hydrogen-bond acceptors (Lipinski definition) is 2. The van der Waals surface area contributed by atoms with E-state index in [9.17, 15) is 4.39 Å². The largest absolute Gasteiger partial charge is 0.326 e. The molecule has 0 bridgehead atoms. The molecule has 0 saturated heterocycles. The smallest absolute Gasteiger partial charge is 0.123 e. The van der Waals surface area contributed by atoms with Gasteiger partial charge in [-0.2, -0.15) is 0 Å². The van der Waals surface area contributed by atoms with Crippen molar-refractivity contribution in [3.05, 3.63) is 35.6 Å². The lowest BCUT2D eigenvalue weighted by atomic mass is 9.95. The Kier molecular flexibility index (Phi) is 5.76. The average Bonchev–Trinajstić information content (AvgIpc) is 2.39. The third-order valence-electron chi connectivity index (χ3n) is 3.81. The lowest BCUT2D eigenvalue weighted by Gasteiger charge is -2.36. The third-order valence-corrected chi connectivity index (χ3v) is 3.81. The van der Waals surface area contributed by atoms with Gasteiger partial charge >= 0.3 is 0 Å². The van der Waals surface area contributed by atoms with Crippen molar-refractivity contribution in [2.24, 2.45) is 5.73 Å². The Morgan fingerprint density at radius 1 is 1.17 bits per heavy atom. The monoisotopic (exact) mass is 252 g/mol. The maximum atomic E-state index is 13.0. The van der Waals surface area contributed by atoms with Gasteiger partial charge in [0.15, 0.2) is 0 Å². The van der Waals surface area contributed by atoms with Crippen molar-refractivity contribution in [1.29, 1.82) is 0 Å². The molecule has 3 heteroatoms. The number of nitrogens with zero attached hydrogens (tertiary/aromatic N) is 1. The summed E-state index contributed by atoms with van der Waals surface area (Å²) in [6.45, 7) is 6.45. The van der Waals surface area contributed by atoms with Crippen molar-refractivity contribution in [2.45, 2.75) is 51.7 Å². The van der Waals surface area contributed by atoms with Gasteiger partial charge in [-0.3, -0.25) is 4.90 Å². The van der Waals surface area contributed by atoms with E-state index in [1.807, 2.05) is 12.1 Å². The summed E-state index contributed by atoms with van der Waals surface area (Å²) >= 11 is 0. The highest BCUT2D eigenvalue weighted by Gasteiger charge is 2.25. The van der Waals surface area contributed by atoms with Crippen LogP contribution in [0.3, 0.4) is 0 Å². The Morgan fingerprint density at radius 3 is 2.17 bits per heavy atom. The molecule has 2 nitrogen and oxygen atoms in total. The van der Waals surface area contributed by atoms with Gasteiger partial charge in [0.05, 0.1) is 0 Å². The van der Waals surface area contributed by atoms with Crippen molar-refractivity contribution < 1.29 is 4.39 Å². The number of halogens is 1. The molecule has 0 aliphatic carbocycles. The molecule has 1 rings (SSSR count). The summed E-state index contributed by atoms with van der Waals surface area (Å²) in [5.74, 6) is -0.200. The van der Waals surface area contributed by atoms with E-state index in [0.717, 1.165) is 18.4 Å². The van der Waals surface area contributed by atoms with E-state index in [0.29, 0.717) is 6.04 Å². The zero-order valence-electron chi connectivity index (χ0n) is 11.9. The Hall–Kier alpha value is -0.930. The van der Waals surface area contributed by atoms with Crippen LogP contribution in [0.4, 0.5) is 4.39 Å². The molecule has 0 aliphatic rings.